The highest BCUT2D eigenvalue weighted by Crippen LogP contribution is 2.44. The minimum absolute atomic E-state index is 0.249. The quantitative estimate of drug-likeness (QED) is 0.894. The number of fused-ring (bicyclic) bond motifs is 1. The van der Waals surface area contributed by atoms with Crippen molar-refractivity contribution in [1.82, 2.24) is 5.32 Å². The van der Waals surface area contributed by atoms with Crippen molar-refractivity contribution in [2.24, 2.45) is 0 Å². The van der Waals surface area contributed by atoms with Gasteiger partial charge in [-0.1, -0.05) is 0 Å². The number of anilines is 1. The van der Waals surface area contributed by atoms with Gasteiger partial charge in [0.25, 0.3) is 15.9 Å². The molecule has 1 aliphatic heterocycles. The van der Waals surface area contributed by atoms with Crippen LogP contribution in [0.3, 0.4) is 0 Å². The lowest BCUT2D eigenvalue weighted by atomic mass is 10.0. The average Bonchev–Trinajstić information content (AvgIpc) is 2.51. The molecule has 7 nitrogen and oxygen atoms in total. The van der Waals surface area contributed by atoms with Crippen molar-refractivity contribution in [1.29, 1.82) is 0 Å². The Labute approximate surface area is 135 Å². The van der Waals surface area contributed by atoms with Gasteiger partial charge < -0.3 is 14.8 Å². The molecule has 1 heterocycles. The van der Waals surface area contributed by atoms with E-state index in [9.17, 15) is 13.2 Å². The van der Waals surface area contributed by atoms with Crippen molar-refractivity contribution >= 4 is 27.2 Å². The molecule has 0 bridgehead atoms. The maximum absolute atomic E-state index is 12.7. The number of nitrogens with one attached hydrogen (secondary N) is 1. The Morgan fingerprint density at radius 2 is 1.78 bits per heavy atom. The molecular formula is C15H20N2O5S. The maximum atomic E-state index is 12.7. The summed E-state index contributed by atoms with van der Waals surface area (Å²) in [6.07, 6.45) is 0. The summed E-state index contributed by atoms with van der Waals surface area (Å²) in [5.74, 6) is 0.272. The highest BCUT2D eigenvalue weighted by Gasteiger charge is 2.38. The second-order valence-electron chi connectivity index (χ2n) is 5.01. The summed E-state index contributed by atoms with van der Waals surface area (Å²) >= 11 is 0. The number of allylic oxidation sites excluding steroid dienone is 1. The van der Waals surface area contributed by atoms with E-state index in [0.717, 1.165) is 4.31 Å². The molecule has 0 aromatic heterocycles. The number of ether oxygens (including phenoxy) is 2. The zero-order valence-electron chi connectivity index (χ0n) is 13.8. The van der Waals surface area contributed by atoms with Crippen LogP contribution in [0.4, 0.5) is 5.69 Å². The van der Waals surface area contributed by atoms with E-state index in [1.54, 1.807) is 26.0 Å². The molecule has 0 aliphatic carbocycles. The van der Waals surface area contributed by atoms with Crippen molar-refractivity contribution in [3.05, 3.63) is 22.6 Å². The lowest BCUT2D eigenvalue weighted by molar-refractivity contribution is -0.116. The topological polar surface area (TPSA) is 84.9 Å². The molecule has 0 fully saturated rings. The monoisotopic (exact) mass is 340 g/mol. The van der Waals surface area contributed by atoms with Gasteiger partial charge in [0.2, 0.25) is 0 Å². The van der Waals surface area contributed by atoms with Gasteiger partial charge in [0.05, 0.1) is 19.9 Å². The summed E-state index contributed by atoms with van der Waals surface area (Å²) < 4.78 is 37.0. The van der Waals surface area contributed by atoms with Gasteiger partial charge in [-0.3, -0.25) is 9.10 Å². The Bertz CT molecular complexity index is 783. The van der Waals surface area contributed by atoms with Crippen molar-refractivity contribution < 1.29 is 22.7 Å². The van der Waals surface area contributed by atoms with E-state index >= 15 is 0 Å². The molecule has 1 N–H and O–H groups in total. The highest BCUT2D eigenvalue weighted by atomic mass is 32.2. The summed E-state index contributed by atoms with van der Waals surface area (Å²) in [7, 11) is 0.456. The van der Waals surface area contributed by atoms with Gasteiger partial charge >= 0.3 is 0 Å². The average molecular weight is 340 g/mol. The lowest BCUT2D eigenvalue weighted by Gasteiger charge is -2.30. The minimum Gasteiger partial charge on any atom is -0.493 e. The number of carbonyl (C=O) groups excluding carboxylic acids is 1. The number of rotatable bonds is 4. The number of hydrogen-bond acceptors (Lipinski definition) is 5. The van der Waals surface area contributed by atoms with E-state index in [2.05, 4.69) is 5.32 Å². The van der Waals surface area contributed by atoms with Crippen molar-refractivity contribution in [3.8, 4) is 11.5 Å². The zero-order valence-corrected chi connectivity index (χ0v) is 14.6. The van der Waals surface area contributed by atoms with Crippen LogP contribution in [0.1, 0.15) is 19.4 Å². The summed E-state index contributed by atoms with van der Waals surface area (Å²) in [5, 5.41) is 2.55. The molecule has 0 atom stereocenters. The fraction of sp³-hybridized carbons (Fsp3) is 0.400. The third-order valence-corrected chi connectivity index (χ3v) is 5.67. The van der Waals surface area contributed by atoms with E-state index in [4.69, 9.17) is 9.47 Å². The molecule has 126 valence electrons. The zero-order chi connectivity index (χ0) is 17.4. The van der Waals surface area contributed by atoms with E-state index < -0.39 is 15.9 Å². The van der Waals surface area contributed by atoms with Crippen molar-refractivity contribution in [2.75, 3.05) is 32.1 Å². The number of nitrogens with zero attached hydrogens (tertiary/aromatic N) is 1. The second kappa shape index (κ2) is 6.11. The SMILES string of the molecule is CCNC(=O)C1=C(C)c2cc(OC)c(OC)cc2N(C)S1(=O)=O. The van der Waals surface area contributed by atoms with Crippen LogP contribution in [0.2, 0.25) is 0 Å². The largest absolute Gasteiger partial charge is 0.493 e. The second-order valence-corrected chi connectivity index (χ2v) is 6.92. The molecule has 1 aliphatic rings. The predicted molar refractivity (Wildman–Crippen MR) is 88.1 cm³/mol. The Morgan fingerprint density at radius 1 is 1.22 bits per heavy atom. The normalized spacial score (nSPS) is 16.0. The molecule has 0 saturated carbocycles. The number of amides is 1. The number of benzene rings is 1. The summed E-state index contributed by atoms with van der Waals surface area (Å²) in [6, 6.07) is 3.26. The summed E-state index contributed by atoms with van der Waals surface area (Å²) in [5.41, 5.74) is 1.43. The molecule has 1 aromatic rings. The van der Waals surface area contributed by atoms with Gasteiger partial charge in [0.15, 0.2) is 16.4 Å². The van der Waals surface area contributed by atoms with Crippen molar-refractivity contribution in [2.45, 2.75) is 13.8 Å². The smallest absolute Gasteiger partial charge is 0.269 e. The van der Waals surface area contributed by atoms with Gasteiger partial charge in [-0.05, 0) is 25.5 Å². The van der Waals surface area contributed by atoms with Crippen molar-refractivity contribution in [3.63, 3.8) is 0 Å². The van der Waals surface area contributed by atoms with Crippen LogP contribution in [0.15, 0.2) is 17.0 Å². The molecular weight excluding hydrogens is 320 g/mol. The van der Waals surface area contributed by atoms with Crippen LogP contribution in [0.25, 0.3) is 5.57 Å². The summed E-state index contributed by atoms with van der Waals surface area (Å²) in [6.45, 7) is 3.68. The first-order chi connectivity index (χ1) is 10.8. The van der Waals surface area contributed by atoms with Crippen LogP contribution >= 0.6 is 0 Å². The molecule has 0 spiro atoms. The van der Waals surface area contributed by atoms with Gasteiger partial charge in [-0.25, -0.2) is 8.42 Å². The Kier molecular flexibility index (Phi) is 4.56. The van der Waals surface area contributed by atoms with E-state index in [1.807, 2.05) is 0 Å². The van der Waals surface area contributed by atoms with E-state index in [0.29, 0.717) is 34.9 Å². The predicted octanol–water partition coefficient (Wildman–Crippen LogP) is 1.35. The third kappa shape index (κ3) is 2.63. The molecule has 2 rings (SSSR count). The molecule has 0 saturated heterocycles. The van der Waals surface area contributed by atoms with Crippen LogP contribution in [0, 0.1) is 0 Å². The van der Waals surface area contributed by atoms with E-state index in [1.165, 1.54) is 21.3 Å². The van der Waals surface area contributed by atoms with E-state index in [-0.39, 0.29) is 4.91 Å². The van der Waals surface area contributed by atoms with Crippen LogP contribution in [-0.4, -0.2) is 42.1 Å². The lowest BCUT2D eigenvalue weighted by Crippen LogP contribution is -2.39. The molecule has 0 radical (unpaired) electrons. The first-order valence-corrected chi connectivity index (χ1v) is 8.48. The fourth-order valence-electron chi connectivity index (χ4n) is 2.54. The fourth-order valence-corrected chi connectivity index (χ4v) is 4.03. The first-order valence-electron chi connectivity index (χ1n) is 7.04. The van der Waals surface area contributed by atoms with Gasteiger partial charge in [0, 0.05) is 25.2 Å². The Balaban J connectivity index is 2.79. The van der Waals surface area contributed by atoms with Gasteiger partial charge in [-0.15, -0.1) is 0 Å². The number of methoxy groups -OCH3 is 2. The van der Waals surface area contributed by atoms with Crippen LogP contribution in [0.5, 0.6) is 11.5 Å². The Hall–Kier alpha value is -2.22. The molecule has 23 heavy (non-hydrogen) atoms. The molecule has 8 heteroatoms. The van der Waals surface area contributed by atoms with Crippen LogP contribution < -0.4 is 19.1 Å². The van der Waals surface area contributed by atoms with Crippen LogP contribution in [-0.2, 0) is 14.8 Å². The van der Waals surface area contributed by atoms with Gasteiger partial charge in [0.1, 0.15) is 0 Å². The summed E-state index contributed by atoms with van der Waals surface area (Å²) in [4.78, 5) is 12.0. The highest BCUT2D eigenvalue weighted by molar-refractivity contribution is 7.97. The molecule has 1 aromatic carbocycles. The third-order valence-electron chi connectivity index (χ3n) is 3.75. The number of sulfonamides is 1. The molecule has 1 amide bonds. The van der Waals surface area contributed by atoms with Gasteiger partial charge in [-0.2, -0.15) is 0 Å². The Morgan fingerprint density at radius 3 is 2.30 bits per heavy atom. The number of likely N-dealkylation sites (N-methyl/N-ethyl adjacent to an activating group) is 1. The maximum Gasteiger partial charge on any atom is 0.269 e. The number of carbonyl (C=O) groups is 1. The minimum atomic E-state index is -3.93. The standard InChI is InChI=1S/C15H20N2O5S/c1-6-16-15(18)14-9(2)10-7-12(21-4)13(22-5)8-11(10)17(3)23(14,19)20/h7-8H,6H2,1-5H3,(H,16,18). The first kappa shape index (κ1) is 17.1. The number of hydrogen-bond donors (Lipinski definition) is 1. The molecule has 0 unspecified atom stereocenters.